The van der Waals surface area contributed by atoms with Crippen LogP contribution in [0.1, 0.15) is 40.2 Å². The Labute approximate surface area is 129 Å². The molecule has 0 fully saturated rings. The van der Waals surface area contributed by atoms with E-state index in [9.17, 15) is 4.79 Å². The van der Waals surface area contributed by atoms with Crippen LogP contribution in [-0.2, 0) is 6.54 Å². The average Bonchev–Trinajstić information content (AvgIpc) is 2.98. The molecule has 1 heterocycles. The van der Waals surface area contributed by atoms with E-state index in [0.717, 1.165) is 12.0 Å². The Morgan fingerprint density at radius 3 is 2.50 bits per heavy atom. The number of thiophene rings is 1. The Balaban J connectivity index is 0.00000200. The summed E-state index contributed by atoms with van der Waals surface area (Å²) in [5.41, 5.74) is 7.25. The third-order valence-corrected chi connectivity index (χ3v) is 4.04. The lowest BCUT2D eigenvalue weighted by molar-refractivity contribution is 0.0936. The Morgan fingerprint density at radius 2 is 2.00 bits per heavy atom. The van der Waals surface area contributed by atoms with Crippen LogP contribution in [0.4, 0.5) is 0 Å². The molecule has 1 unspecified atom stereocenters. The van der Waals surface area contributed by atoms with Gasteiger partial charge >= 0.3 is 0 Å². The molecule has 108 valence electrons. The van der Waals surface area contributed by atoms with Crippen molar-refractivity contribution in [2.75, 3.05) is 0 Å². The van der Waals surface area contributed by atoms with E-state index in [0.29, 0.717) is 12.1 Å². The van der Waals surface area contributed by atoms with Gasteiger partial charge in [-0.2, -0.15) is 0 Å². The van der Waals surface area contributed by atoms with Crippen LogP contribution in [0.2, 0.25) is 0 Å². The van der Waals surface area contributed by atoms with Crippen LogP contribution < -0.4 is 11.1 Å². The maximum atomic E-state index is 12.2. The molecule has 0 aliphatic heterocycles. The van der Waals surface area contributed by atoms with Crippen molar-refractivity contribution in [1.29, 1.82) is 0 Å². The van der Waals surface area contributed by atoms with Crippen LogP contribution in [0.3, 0.4) is 0 Å². The third kappa shape index (κ3) is 4.07. The predicted octanol–water partition coefficient (Wildman–Crippen LogP) is 3.51. The smallest absolute Gasteiger partial charge is 0.251 e. The molecule has 0 saturated carbocycles. The molecule has 1 amide bonds. The van der Waals surface area contributed by atoms with Crippen LogP contribution in [-0.4, -0.2) is 5.91 Å². The number of nitrogens with one attached hydrogen (secondary N) is 1. The molecule has 1 aromatic heterocycles. The number of rotatable bonds is 5. The minimum absolute atomic E-state index is 0. The number of nitrogens with two attached hydrogens (primary N) is 1. The minimum Gasteiger partial charge on any atom is -0.344 e. The maximum Gasteiger partial charge on any atom is 0.251 e. The summed E-state index contributed by atoms with van der Waals surface area (Å²) in [6, 6.07) is 11.6. The zero-order valence-corrected chi connectivity index (χ0v) is 13.0. The number of hydrogen-bond acceptors (Lipinski definition) is 3. The molecule has 1 atom stereocenters. The van der Waals surface area contributed by atoms with Crippen LogP contribution in [0.5, 0.6) is 0 Å². The van der Waals surface area contributed by atoms with Crippen LogP contribution in [0.25, 0.3) is 0 Å². The standard InChI is InChI=1S/C15H18N2OS.ClH/c1-2-13(14-4-3-9-19-14)17-15(18)12-7-5-11(10-16)6-8-12;/h3-9,13H,2,10,16H2,1H3,(H,17,18);1H. The third-order valence-electron chi connectivity index (χ3n) is 3.05. The van der Waals surface area contributed by atoms with E-state index in [1.54, 1.807) is 11.3 Å². The first-order valence-electron chi connectivity index (χ1n) is 6.38. The first-order valence-corrected chi connectivity index (χ1v) is 7.25. The molecule has 0 saturated heterocycles. The summed E-state index contributed by atoms with van der Waals surface area (Å²) in [5.74, 6) is -0.0381. The highest BCUT2D eigenvalue weighted by Gasteiger charge is 2.14. The second kappa shape index (κ2) is 8.04. The van der Waals surface area contributed by atoms with Gasteiger partial charge in [-0.1, -0.05) is 25.1 Å². The van der Waals surface area contributed by atoms with Gasteiger partial charge in [-0.05, 0) is 35.6 Å². The lowest BCUT2D eigenvalue weighted by Crippen LogP contribution is -2.27. The molecule has 2 rings (SSSR count). The number of benzene rings is 1. The first kappa shape index (κ1) is 16.7. The van der Waals surface area contributed by atoms with Crippen molar-refractivity contribution in [2.45, 2.75) is 25.9 Å². The zero-order valence-electron chi connectivity index (χ0n) is 11.3. The van der Waals surface area contributed by atoms with E-state index in [1.165, 1.54) is 4.88 Å². The maximum absolute atomic E-state index is 12.2. The van der Waals surface area contributed by atoms with Gasteiger partial charge in [-0.15, -0.1) is 23.7 Å². The summed E-state index contributed by atoms with van der Waals surface area (Å²) in [4.78, 5) is 13.4. The average molecular weight is 311 g/mol. The van der Waals surface area contributed by atoms with Gasteiger partial charge in [0.15, 0.2) is 0 Å². The van der Waals surface area contributed by atoms with Crippen molar-refractivity contribution in [3.8, 4) is 0 Å². The lowest BCUT2D eigenvalue weighted by atomic mass is 10.1. The molecule has 0 radical (unpaired) electrons. The summed E-state index contributed by atoms with van der Waals surface area (Å²) in [5, 5.41) is 5.09. The zero-order chi connectivity index (χ0) is 13.7. The summed E-state index contributed by atoms with van der Waals surface area (Å²) in [6.07, 6.45) is 0.882. The summed E-state index contributed by atoms with van der Waals surface area (Å²) < 4.78 is 0. The molecule has 0 aliphatic rings. The van der Waals surface area contributed by atoms with Crippen LogP contribution in [0, 0.1) is 0 Å². The quantitative estimate of drug-likeness (QED) is 0.888. The Hall–Kier alpha value is -1.36. The van der Waals surface area contributed by atoms with E-state index >= 15 is 0 Å². The second-order valence-corrected chi connectivity index (χ2v) is 5.33. The van der Waals surface area contributed by atoms with Gasteiger partial charge in [0.05, 0.1) is 6.04 Å². The van der Waals surface area contributed by atoms with Crippen molar-refractivity contribution < 1.29 is 4.79 Å². The predicted molar refractivity (Wildman–Crippen MR) is 86.4 cm³/mol. The number of halogens is 1. The summed E-state index contributed by atoms with van der Waals surface area (Å²) >= 11 is 1.67. The fraction of sp³-hybridized carbons (Fsp3) is 0.267. The van der Waals surface area contributed by atoms with Gasteiger partial charge in [0.1, 0.15) is 0 Å². The minimum atomic E-state index is -0.0381. The van der Waals surface area contributed by atoms with Gasteiger partial charge in [0, 0.05) is 17.0 Å². The molecule has 20 heavy (non-hydrogen) atoms. The van der Waals surface area contributed by atoms with E-state index in [2.05, 4.69) is 18.3 Å². The Kier molecular flexibility index (Phi) is 6.71. The van der Waals surface area contributed by atoms with Gasteiger partial charge in [0.2, 0.25) is 0 Å². The molecule has 3 N–H and O–H groups in total. The van der Waals surface area contributed by atoms with Crippen molar-refractivity contribution in [1.82, 2.24) is 5.32 Å². The first-order chi connectivity index (χ1) is 9.24. The fourth-order valence-corrected chi connectivity index (χ4v) is 2.76. The number of amides is 1. The molecule has 2 aromatic rings. The van der Waals surface area contributed by atoms with Crippen molar-refractivity contribution in [2.24, 2.45) is 5.73 Å². The topological polar surface area (TPSA) is 55.1 Å². The van der Waals surface area contributed by atoms with Crippen molar-refractivity contribution >= 4 is 29.7 Å². The molecule has 5 heteroatoms. The largest absolute Gasteiger partial charge is 0.344 e. The van der Waals surface area contributed by atoms with E-state index < -0.39 is 0 Å². The van der Waals surface area contributed by atoms with Crippen molar-refractivity contribution in [3.05, 3.63) is 57.8 Å². The molecular formula is C15H19ClN2OS. The van der Waals surface area contributed by atoms with E-state index in [-0.39, 0.29) is 24.4 Å². The van der Waals surface area contributed by atoms with Crippen LogP contribution in [0.15, 0.2) is 41.8 Å². The number of carbonyl (C=O) groups excluding carboxylic acids is 1. The fourth-order valence-electron chi connectivity index (χ4n) is 1.90. The number of hydrogen-bond donors (Lipinski definition) is 2. The van der Waals surface area contributed by atoms with Gasteiger partial charge in [-0.25, -0.2) is 0 Å². The molecule has 0 spiro atoms. The molecule has 0 bridgehead atoms. The van der Waals surface area contributed by atoms with E-state index in [4.69, 9.17) is 5.73 Å². The molecule has 0 aliphatic carbocycles. The summed E-state index contributed by atoms with van der Waals surface area (Å²) in [7, 11) is 0. The van der Waals surface area contributed by atoms with Gasteiger partial charge in [0.25, 0.3) is 5.91 Å². The monoisotopic (exact) mass is 310 g/mol. The van der Waals surface area contributed by atoms with Gasteiger partial charge < -0.3 is 11.1 Å². The molecule has 1 aromatic carbocycles. The highest BCUT2D eigenvalue weighted by Crippen LogP contribution is 2.22. The Morgan fingerprint density at radius 1 is 1.30 bits per heavy atom. The lowest BCUT2D eigenvalue weighted by Gasteiger charge is -2.15. The van der Waals surface area contributed by atoms with Gasteiger partial charge in [-0.3, -0.25) is 4.79 Å². The van der Waals surface area contributed by atoms with E-state index in [1.807, 2.05) is 35.7 Å². The number of carbonyl (C=O) groups is 1. The SMILES string of the molecule is CCC(NC(=O)c1ccc(CN)cc1)c1cccs1.Cl. The van der Waals surface area contributed by atoms with Crippen LogP contribution >= 0.6 is 23.7 Å². The second-order valence-electron chi connectivity index (χ2n) is 4.35. The molecular weight excluding hydrogens is 292 g/mol. The summed E-state index contributed by atoms with van der Waals surface area (Å²) in [6.45, 7) is 2.57. The van der Waals surface area contributed by atoms with Crippen molar-refractivity contribution in [3.63, 3.8) is 0 Å². The molecule has 3 nitrogen and oxygen atoms in total. The highest BCUT2D eigenvalue weighted by atomic mass is 35.5. The Bertz CT molecular complexity index is 525. The normalized spacial score (nSPS) is 11.5. The highest BCUT2D eigenvalue weighted by molar-refractivity contribution is 7.10.